The van der Waals surface area contributed by atoms with Crippen LogP contribution in [0.5, 0.6) is 0 Å². The molecule has 41 heavy (non-hydrogen) atoms. The van der Waals surface area contributed by atoms with E-state index in [1.807, 2.05) is 12.1 Å². The Bertz CT molecular complexity index is 1290. The monoisotopic (exact) mass is 551 g/mol. The molecule has 0 spiro atoms. The third-order valence-corrected chi connectivity index (χ3v) is 7.38. The van der Waals surface area contributed by atoms with E-state index in [4.69, 9.17) is 0 Å². The topological polar surface area (TPSA) is 53.2 Å². The summed E-state index contributed by atoms with van der Waals surface area (Å²) in [7, 11) is 0. The van der Waals surface area contributed by atoms with Gasteiger partial charge in [-0.15, -0.1) is 6.58 Å². The molecule has 4 nitrogen and oxygen atoms in total. The van der Waals surface area contributed by atoms with E-state index >= 15 is 0 Å². The van der Waals surface area contributed by atoms with E-state index < -0.39 is 6.04 Å². The van der Waals surface area contributed by atoms with Gasteiger partial charge in [-0.3, -0.25) is 4.79 Å². The lowest BCUT2D eigenvalue weighted by molar-refractivity contribution is -0.123. The number of amides is 1. The van der Waals surface area contributed by atoms with Crippen LogP contribution in [0.2, 0.25) is 0 Å². The second-order valence-corrected chi connectivity index (χ2v) is 12.0. The minimum Gasteiger partial charge on any atom is -0.380 e. The summed E-state index contributed by atoms with van der Waals surface area (Å²) < 4.78 is 0. The largest absolute Gasteiger partial charge is 0.380 e. The van der Waals surface area contributed by atoms with Crippen molar-refractivity contribution in [2.45, 2.75) is 77.9 Å². The summed E-state index contributed by atoms with van der Waals surface area (Å²) in [5.41, 5.74) is 4.26. The summed E-state index contributed by atoms with van der Waals surface area (Å²) in [5.74, 6) is 0.779. The summed E-state index contributed by atoms with van der Waals surface area (Å²) in [6, 6.07) is 24.7. The van der Waals surface area contributed by atoms with E-state index in [0.29, 0.717) is 18.3 Å². The fraction of sp³-hybridized carbons (Fsp3) is 0.378. The zero-order chi connectivity index (χ0) is 29.8. The van der Waals surface area contributed by atoms with Crippen molar-refractivity contribution in [1.82, 2.24) is 16.0 Å². The molecule has 2 unspecified atom stereocenters. The molecule has 3 rings (SSSR count). The summed E-state index contributed by atoms with van der Waals surface area (Å²) in [4.78, 5) is 13.5. The number of allylic oxidation sites excluding steroid dienone is 1. The molecule has 0 aromatic heterocycles. The van der Waals surface area contributed by atoms with Gasteiger partial charge in [0.1, 0.15) is 6.04 Å². The van der Waals surface area contributed by atoms with Gasteiger partial charge in [0.05, 0.1) is 6.04 Å². The summed E-state index contributed by atoms with van der Waals surface area (Å²) in [6.45, 7) is 21.4. The number of hydrogen-bond donors (Lipinski definition) is 3. The number of hydrogen-bond acceptors (Lipinski definition) is 3. The third kappa shape index (κ3) is 10.3. The molecular weight excluding hydrogens is 502 g/mol. The quantitative estimate of drug-likeness (QED) is 0.151. The second-order valence-electron chi connectivity index (χ2n) is 12.0. The van der Waals surface area contributed by atoms with E-state index in [0.717, 1.165) is 37.1 Å². The SMILES string of the molecule is C=CC(CC(C)C)NC(=O)[C@H](CC(C)C)NC(=C)C(Cc1cccc2ccccc12)NC(=C)CCc1ccccc1. The van der Waals surface area contributed by atoms with Gasteiger partial charge in [-0.2, -0.15) is 0 Å². The predicted octanol–water partition coefficient (Wildman–Crippen LogP) is 7.72. The van der Waals surface area contributed by atoms with Crippen molar-refractivity contribution in [3.63, 3.8) is 0 Å². The van der Waals surface area contributed by atoms with Crippen LogP contribution in [-0.4, -0.2) is 24.0 Å². The van der Waals surface area contributed by atoms with Gasteiger partial charge in [-0.05, 0) is 65.8 Å². The zero-order valence-corrected chi connectivity index (χ0v) is 25.5. The maximum Gasteiger partial charge on any atom is 0.242 e. The molecule has 0 aliphatic carbocycles. The van der Waals surface area contributed by atoms with Crippen molar-refractivity contribution in [2.24, 2.45) is 11.8 Å². The van der Waals surface area contributed by atoms with Crippen LogP contribution in [0.15, 0.2) is 110 Å². The number of carbonyl (C=O) groups excluding carboxylic acids is 1. The number of fused-ring (bicyclic) bond motifs is 1. The van der Waals surface area contributed by atoms with Gasteiger partial charge in [-0.25, -0.2) is 0 Å². The van der Waals surface area contributed by atoms with Crippen LogP contribution in [0.1, 0.15) is 58.1 Å². The summed E-state index contributed by atoms with van der Waals surface area (Å²) in [5, 5.41) is 12.8. The lowest BCUT2D eigenvalue weighted by Gasteiger charge is -2.30. The third-order valence-electron chi connectivity index (χ3n) is 7.38. The predicted molar refractivity (Wildman–Crippen MR) is 176 cm³/mol. The van der Waals surface area contributed by atoms with Crippen LogP contribution in [-0.2, 0) is 17.6 Å². The molecule has 0 saturated heterocycles. The molecule has 0 radical (unpaired) electrons. The van der Waals surface area contributed by atoms with Crippen LogP contribution >= 0.6 is 0 Å². The molecule has 0 saturated carbocycles. The minimum atomic E-state index is -0.397. The number of carbonyl (C=O) groups is 1. The molecule has 0 aliphatic heterocycles. The highest BCUT2D eigenvalue weighted by Crippen LogP contribution is 2.22. The molecule has 0 bridgehead atoms. The number of nitrogens with one attached hydrogen (secondary N) is 3. The number of rotatable bonds is 17. The molecule has 3 aromatic rings. The van der Waals surface area contributed by atoms with E-state index in [9.17, 15) is 4.79 Å². The van der Waals surface area contributed by atoms with Crippen molar-refractivity contribution in [3.8, 4) is 0 Å². The first-order chi connectivity index (χ1) is 19.7. The molecule has 3 atom stereocenters. The Morgan fingerprint density at radius 3 is 2.12 bits per heavy atom. The highest BCUT2D eigenvalue weighted by Gasteiger charge is 2.25. The lowest BCUT2D eigenvalue weighted by atomic mass is 9.96. The Kier molecular flexibility index (Phi) is 12.3. The zero-order valence-electron chi connectivity index (χ0n) is 25.5. The van der Waals surface area contributed by atoms with Gasteiger partial charge in [-0.1, -0.05) is 120 Å². The average molecular weight is 552 g/mol. The first-order valence-electron chi connectivity index (χ1n) is 15.0. The normalized spacial score (nSPS) is 13.4. The van der Waals surface area contributed by atoms with Gasteiger partial charge in [0.15, 0.2) is 0 Å². The molecule has 3 N–H and O–H groups in total. The second kappa shape index (κ2) is 15.9. The molecule has 4 heteroatoms. The van der Waals surface area contributed by atoms with Gasteiger partial charge in [0, 0.05) is 17.4 Å². The summed E-state index contributed by atoms with van der Waals surface area (Å²) in [6.07, 6.45) is 5.83. The first-order valence-corrected chi connectivity index (χ1v) is 15.0. The minimum absolute atomic E-state index is 0.0165. The highest BCUT2D eigenvalue weighted by molar-refractivity contribution is 5.86. The van der Waals surface area contributed by atoms with E-state index in [-0.39, 0.29) is 18.0 Å². The van der Waals surface area contributed by atoms with Crippen LogP contribution in [0.4, 0.5) is 0 Å². The maximum absolute atomic E-state index is 13.5. The van der Waals surface area contributed by atoms with Crippen molar-refractivity contribution >= 4 is 16.7 Å². The van der Waals surface area contributed by atoms with Crippen molar-refractivity contribution in [3.05, 3.63) is 121 Å². The molecule has 0 heterocycles. The van der Waals surface area contributed by atoms with E-state index in [2.05, 4.69) is 130 Å². The summed E-state index contributed by atoms with van der Waals surface area (Å²) >= 11 is 0. The van der Waals surface area contributed by atoms with Gasteiger partial charge in [0.25, 0.3) is 0 Å². The van der Waals surface area contributed by atoms with E-state index in [1.54, 1.807) is 0 Å². The molecule has 0 aliphatic rings. The molecule has 218 valence electrons. The number of benzene rings is 3. The standard InChI is InChI=1S/C37H49N3O/c1-8-33(23-26(2)3)40-37(41)36(24-27(4)5)39-29(7)35(38-28(6)21-22-30-15-10-9-11-16-30)25-32-19-14-18-31-17-12-13-20-34(31)32/h8-20,26-27,33,35-36,38-39H,1,6-7,21-25H2,2-5H3,(H,40,41)/t33?,35?,36-/m0/s1. The van der Waals surface area contributed by atoms with Crippen molar-refractivity contribution < 1.29 is 4.79 Å². The highest BCUT2D eigenvalue weighted by atomic mass is 16.2. The fourth-order valence-electron chi connectivity index (χ4n) is 5.24. The Morgan fingerprint density at radius 2 is 1.44 bits per heavy atom. The molecule has 3 aromatic carbocycles. The Balaban J connectivity index is 1.81. The van der Waals surface area contributed by atoms with Crippen molar-refractivity contribution in [1.29, 1.82) is 0 Å². The lowest BCUT2D eigenvalue weighted by Crippen LogP contribution is -2.50. The first kappa shape index (κ1) is 31.7. The average Bonchev–Trinajstić information content (AvgIpc) is 2.95. The Labute approximate surface area is 248 Å². The van der Waals surface area contributed by atoms with Crippen molar-refractivity contribution in [2.75, 3.05) is 0 Å². The fourth-order valence-corrected chi connectivity index (χ4v) is 5.24. The molecular formula is C37H49N3O. The van der Waals surface area contributed by atoms with Crippen LogP contribution in [0, 0.1) is 11.8 Å². The molecule has 0 fully saturated rings. The van der Waals surface area contributed by atoms with Crippen LogP contribution < -0.4 is 16.0 Å². The van der Waals surface area contributed by atoms with Gasteiger partial charge in [0.2, 0.25) is 5.91 Å². The van der Waals surface area contributed by atoms with Gasteiger partial charge >= 0.3 is 0 Å². The van der Waals surface area contributed by atoms with E-state index in [1.165, 1.54) is 21.9 Å². The molecule has 1 amide bonds. The van der Waals surface area contributed by atoms with Crippen LogP contribution in [0.25, 0.3) is 10.8 Å². The smallest absolute Gasteiger partial charge is 0.242 e. The van der Waals surface area contributed by atoms with Crippen LogP contribution in [0.3, 0.4) is 0 Å². The van der Waals surface area contributed by atoms with Gasteiger partial charge < -0.3 is 16.0 Å². The Morgan fingerprint density at radius 1 is 0.780 bits per heavy atom. The number of aryl methyl sites for hydroxylation is 1. The maximum atomic E-state index is 13.5. The Hall–Kier alpha value is -3.79.